The second-order valence-electron chi connectivity index (χ2n) is 5.78. The van der Waals surface area contributed by atoms with Crippen LogP contribution in [0.3, 0.4) is 0 Å². The molecule has 100 valence electrons. The lowest BCUT2D eigenvalue weighted by atomic mass is 10.0. The van der Waals surface area contributed by atoms with Crippen LogP contribution in [0.15, 0.2) is 18.2 Å². The highest BCUT2D eigenvalue weighted by Gasteiger charge is 2.17. The van der Waals surface area contributed by atoms with Crippen LogP contribution in [-0.4, -0.2) is 55.3 Å². The Balaban J connectivity index is 1.90. The Morgan fingerprint density at radius 1 is 0.889 bits per heavy atom. The van der Waals surface area contributed by atoms with Gasteiger partial charge in [-0.15, -0.1) is 0 Å². The number of hydrogen-bond acceptors (Lipinski definition) is 3. The van der Waals surface area contributed by atoms with Crippen molar-refractivity contribution in [2.45, 2.75) is 20.3 Å². The summed E-state index contributed by atoms with van der Waals surface area (Å²) in [6.07, 6.45) is 1.14. The molecule has 0 aliphatic carbocycles. The first-order valence-corrected chi connectivity index (χ1v) is 6.69. The topological polar surface area (TPSA) is 9.72 Å². The highest BCUT2D eigenvalue weighted by Crippen LogP contribution is 2.11. The van der Waals surface area contributed by atoms with Gasteiger partial charge in [-0.3, -0.25) is 14.7 Å². The van der Waals surface area contributed by atoms with E-state index in [9.17, 15) is 0 Å². The SMILES string of the molecule is Cc1cc(C)cc(CCN2CN(C)CN(C)C2)c1. The maximum Gasteiger partial charge on any atom is 0.0527 e. The van der Waals surface area contributed by atoms with Gasteiger partial charge in [-0.2, -0.15) is 0 Å². The molecule has 1 aliphatic heterocycles. The van der Waals surface area contributed by atoms with Crippen LogP contribution < -0.4 is 0 Å². The molecule has 0 spiro atoms. The Kier molecular flexibility index (Phi) is 4.38. The molecule has 3 heteroatoms. The maximum absolute atomic E-state index is 2.50. The minimum Gasteiger partial charge on any atom is -0.280 e. The van der Waals surface area contributed by atoms with E-state index in [2.05, 4.69) is 60.8 Å². The summed E-state index contributed by atoms with van der Waals surface area (Å²) >= 11 is 0. The standard InChI is InChI=1S/C15H25N3/c1-13-7-14(2)9-15(8-13)5-6-18-11-16(3)10-17(4)12-18/h7-9H,5-6,10-12H2,1-4H3. The third-order valence-corrected chi connectivity index (χ3v) is 3.36. The molecule has 0 atom stereocenters. The molecule has 1 saturated heterocycles. The molecule has 1 fully saturated rings. The van der Waals surface area contributed by atoms with Gasteiger partial charge in [0, 0.05) is 6.54 Å². The summed E-state index contributed by atoms with van der Waals surface area (Å²) in [4.78, 5) is 7.21. The summed E-state index contributed by atoms with van der Waals surface area (Å²) in [5.74, 6) is 0. The van der Waals surface area contributed by atoms with Crippen molar-refractivity contribution >= 4 is 0 Å². The van der Waals surface area contributed by atoms with Crippen molar-refractivity contribution in [3.8, 4) is 0 Å². The van der Waals surface area contributed by atoms with E-state index >= 15 is 0 Å². The van der Waals surface area contributed by atoms with E-state index < -0.39 is 0 Å². The lowest BCUT2D eigenvalue weighted by Crippen LogP contribution is -2.52. The summed E-state index contributed by atoms with van der Waals surface area (Å²) in [5.41, 5.74) is 4.21. The van der Waals surface area contributed by atoms with Gasteiger partial charge in [0.1, 0.15) is 0 Å². The summed E-state index contributed by atoms with van der Waals surface area (Å²) in [5, 5.41) is 0. The monoisotopic (exact) mass is 247 g/mol. The molecule has 0 saturated carbocycles. The number of benzene rings is 1. The van der Waals surface area contributed by atoms with E-state index in [-0.39, 0.29) is 0 Å². The summed E-state index contributed by atoms with van der Waals surface area (Å²) in [6, 6.07) is 6.86. The van der Waals surface area contributed by atoms with E-state index in [0.29, 0.717) is 0 Å². The van der Waals surface area contributed by atoms with E-state index in [1.807, 2.05) is 0 Å². The lowest BCUT2D eigenvalue weighted by Gasteiger charge is -2.38. The van der Waals surface area contributed by atoms with Crippen molar-refractivity contribution in [1.29, 1.82) is 0 Å². The highest BCUT2D eigenvalue weighted by molar-refractivity contribution is 5.28. The fraction of sp³-hybridized carbons (Fsp3) is 0.600. The van der Waals surface area contributed by atoms with Crippen LogP contribution in [0, 0.1) is 13.8 Å². The van der Waals surface area contributed by atoms with Crippen molar-refractivity contribution < 1.29 is 0 Å². The second-order valence-corrected chi connectivity index (χ2v) is 5.78. The van der Waals surface area contributed by atoms with Crippen LogP contribution in [0.1, 0.15) is 16.7 Å². The predicted molar refractivity (Wildman–Crippen MR) is 76.5 cm³/mol. The molecule has 2 rings (SSSR count). The smallest absolute Gasteiger partial charge is 0.0527 e. The van der Waals surface area contributed by atoms with E-state index in [0.717, 1.165) is 33.0 Å². The molecule has 0 amide bonds. The van der Waals surface area contributed by atoms with Gasteiger partial charge in [0.15, 0.2) is 0 Å². The average molecular weight is 247 g/mol. The molecule has 1 aromatic carbocycles. The van der Waals surface area contributed by atoms with Crippen molar-refractivity contribution in [2.24, 2.45) is 0 Å². The normalized spacial score (nSPS) is 19.3. The number of nitrogens with zero attached hydrogens (tertiary/aromatic N) is 3. The highest BCUT2D eigenvalue weighted by atomic mass is 15.5. The van der Waals surface area contributed by atoms with Crippen molar-refractivity contribution in [3.63, 3.8) is 0 Å². The van der Waals surface area contributed by atoms with Gasteiger partial charge in [0.2, 0.25) is 0 Å². The molecule has 18 heavy (non-hydrogen) atoms. The second kappa shape index (κ2) is 5.83. The van der Waals surface area contributed by atoms with Gasteiger partial charge in [-0.25, -0.2) is 0 Å². The summed E-state index contributed by atoms with van der Waals surface area (Å²) in [6.45, 7) is 8.72. The fourth-order valence-corrected chi connectivity index (χ4v) is 2.87. The Hall–Kier alpha value is -0.900. The Bertz CT molecular complexity index is 372. The molecule has 3 nitrogen and oxygen atoms in total. The zero-order valence-electron chi connectivity index (χ0n) is 12.1. The number of rotatable bonds is 3. The molecule has 0 radical (unpaired) electrons. The van der Waals surface area contributed by atoms with Crippen LogP contribution in [-0.2, 0) is 6.42 Å². The number of aryl methyl sites for hydroxylation is 2. The largest absolute Gasteiger partial charge is 0.280 e. The van der Waals surface area contributed by atoms with E-state index in [4.69, 9.17) is 0 Å². The van der Waals surface area contributed by atoms with Gasteiger partial charge in [0.05, 0.1) is 20.0 Å². The Labute approximate surface area is 111 Å². The quantitative estimate of drug-likeness (QED) is 0.808. The molecular weight excluding hydrogens is 222 g/mol. The van der Waals surface area contributed by atoms with Gasteiger partial charge in [-0.1, -0.05) is 29.3 Å². The summed E-state index contributed by atoms with van der Waals surface area (Å²) in [7, 11) is 4.36. The minimum atomic E-state index is 1.07. The molecular formula is C15H25N3. The van der Waals surface area contributed by atoms with Gasteiger partial charge in [-0.05, 0) is 39.9 Å². The third kappa shape index (κ3) is 3.80. The number of hydrogen-bond donors (Lipinski definition) is 0. The van der Waals surface area contributed by atoms with Crippen molar-refractivity contribution in [3.05, 3.63) is 34.9 Å². The van der Waals surface area contributed by atoms with Crippen LogP contribution in [0.5, 0.6) is 0 Å². The third-order valence-electron chi connectivity index (χ3n) is 3.36. The fourth-order valence-electron chi connectivity index (χ4n) is 2.87. The molecule has 0 bridgehead atoms. The zero-order chi connectivity index (χ0) is 13.1. The van der Waals surface area contributed by atoms with Crippen molar-refractivity contribution in [2.75, 3.05) is 40.6 Å². The lowest BCUT2D eigenvalue weighted by molar-refractivity contribution is -0.000403. The predicted octanol–water partition coefficient (Wildman–Crippen LogP) is 1.90. The van der Waals surface area contributed by atoms with Crippen LogP contribution in [0.2, 0.25) is 0 Å². The van der Waals surface area contributed by atoms with Gasteiger partial charge < -0.3 is 0 Å². The first-order chi connectivity index (χ1) is 8.52. The van der Waals surface area contributed by atoms with Crippen LogP contribution in [0.4, 0.5) is 0 Å². The maximum atomic E-state index is 2.50. The Morgan fingerprint density at radius 3 is 2.00 bits per heavy atom. The van der Waals surface area contributed by atoms with Gasteiger partial charge >= 0.3 is 0 Å². The molecule has 0 N–H and O–H groups in total. The molecule has 1 heterocycles. The zero-order valence-corrected chi connectivity index (χ0v) is 12.1. The van der Waals surface area contributed by atoms with Crippen molar-refractivity contribution in [1.82, 2.24) is 14.7 Å². The van der Waals surface area contributed by atoms with Crippen LogP contribution in [0.25, 0.3) is 0 Å². The van der Waals surface area contributed by atoms with E-state index in [1.165, 1.54) is 16.7 Å². The first-order valence-electron chi connectivity index (χ1n) is 6.69. The average Bonchev–Trinajstić information content (AvgIpc) is 2.23. The molecule has 1 aromatic rings. The summed E-state index contributed by atoms with van der Waals surface area (Å²) < 4.78 is 0. The Morgan fingerprint density at radius 2 is 1.44 bits per heavy atom. The molecule has 0 aromatic heterocycles. The van der Waals surface area contributed by atoms with Crippen LogP contribution >= 0.6 is 0 Å². The molecule has 1 aliphatic rings. The van der Waals surface area contributed by atoms with E-state index in [1.54, 1.807) is 0 Å². The van der Waals surface area contributed by atoms with Gasteiger partial charge in [0.25, 0.3) is 0 Å². The first kappa shape index (κ1) is 13.5. The minimum absolute atomic E-state index is 1.07. The molecule has 0 unspecified atom stereocenters.